The third kappa shape index (κ3) is 5.21. The normalized spacial score (nSPS) is 14.8. The number of rotatable bonds is 7. The lowest BCUT2D eigenvalue weighted by Gasteiger charge is -2.32. The van der Waals surface area contributed by atoms with Gasteiger partial charge in [0.05, 0.1) is 0 Å². The molecule has 0 atom stereocenters. The number of nitrogens with zero attached hydrogens (tertiary/aromatic N) is 3. The molecule has 6 heteroatoms. The van der Waals surface area contributed by atoms with Gasteiger partial charge in [-0.25, -0.2) is 9.97 Å². The Morgan fingerprint density at radius 3 is 2.75 bits per heavy atom. The fourth-order valence-electron chi connectivity index (χ4n) is 3.68. The fraction of sp³-hybridized carbons (Fsp3) is 0.500. The van der Waals surface area contributed by atoms with Crippen molar-refractivity contribution in [3.8, 4) is 0 Å². The van der Waals surface area contributed by atoms with Crippen LogP contribution in [0.2, 0.25) is 0 Å². The molecular weight excluding hydrogens is 350 g/mol. The molecule has 0 bridgehead atoms. The van der Waals surface area contributed by atoms with Crippen molar-refractivity contribution in [2.75, 3.05) is 35.2 Å². The number of amides is 1. The lowest BCUT2D eigenvalue weighted by atomic mass is 9.92. The van der Waals surface area contributed by atoms with Gasteiger partial charge in [0.1, 0.15) is 18.0 Å². The number of hydrogen-bond donors (Lipinski definition) is 2. The molecule has 1 aliphatic rings. The standard InChI is InChI=1S/C22H31N5O/c1-4-23-20-14-21(25-15-24-20)27-12-10-18(11-13-27)8-9-22(28)26-19-7-5-6-16(2)17(19)3/h5-7,14-15,18H,4,8-13H2,1-3H3,(H,26,28)(H,23,24,25). The summed E-state index contributed by atoms with van der Waals surface area (Å²) in [6.07, 6.45) is 5.33. The van der Waals surface area contributed by atoms with Crippen molar-refractivity contribution in [1.82, 2.24) is 9.97 Å². The molecule has 1 fully saturated rings. The van der Waals surface area contributed by atoms with Gasteiger partial charge in [0.25, 0.3) is 0 Å². The van der Waals surface area contributed by atoms with Gasteiger partial charge in [0.2, 0.25) is 5.91 Å². The average molecular weight is 382 g/mol. The summed E-state index contributed by atoms with van der Waals surface area (Å²) >= 11 is 0. The Balaban J connectivity index is 1.45. The molecule has 0 radical (unpaired) electrons. The van der Waals surface area contributed by atoms with E-state index in [1.165, 1.54) is 5.56 Å². The summed E-state index contributed by atoms with van der Waals surface area (Å²) in [5, 5.41) is 6.30. The molecule has 150 valence electrons. The van der Waals surface area contributed by atoms with Crippen molar-refractivity contribution < 1.29 is 4.79 Å². The Labute approximate surface area is 167 Å². The average Bonchev–Trinajstić information content (AvgIpc) is 2.71. The van der Waals surface area contributed by atoms with Gasteiger partial charge < -0.3 is 15.5 Å². The van der Waals surface area contributed by atoms with E-state index < -0.39 is 0 Å². The van der Waals surface area contributed by atoms with Crippen LogP contribution < -0.4 is 15.5 Å². The van der Waals surface area contributed by atoms with Crippen LogP contribution in [0.3, 0.4) is 0 Å². The van der Waals surface area contributed by atoms with Crippen LogP contribution in [0.25, 0.3) is 0 Å². The van der Waals surface area contributed by atoms with Crippen LogP contribution in [0, 0.1) is 19.8 Å². The van der Waals surface area contributed by atoms with Crippen LogP contribution in [0.15, 0.2) is 30.6 Å². The van der Waals surface area contributed by atoms with Crippen molar-refractivity contribution in [3.63, 3.8) is 0 Å². The zero-order chi connectivity index (χ0) is 19.9. The molecule has 2 N–H and O–H groups in total. The van der Waals surface area contributed by atoms with E-state index in [0.717, 1.165) is 61.8 Å². The second-order valence-electron chi connectivity index (χ2n) is 7.56. The van der Waals surface area contributed by atoms with E-state index in [0.29, 0.717) is 12.3 Å². The minimum atomic E-state index is 0.113. The van der Waals surface area contributed by atoms with Crippen molar-refractivity contribution in [3.05, 3.63) is 41.7 Å². The third-order valence-electron chi connectivity index (χ3n) is 5.61. The Hall–Kier alpha value is -2.63. The quantitative estimate of drug-likeness (QED) is 0.754. The highest BCUT2D eigenvalue weighted by molar-refractivity contribution is 5.91. The van der Waals surface area contributed by atoms with Crippen LogP contribution in [0.4, 0.5) is 17.3 Å². The van der Waals surface area contributed by atoms with Crippen molar-refractivity contribution in [1.29, 1.82) is 0 Å². The summed E-state index contributed by atoms with van der Waals surface area (Å²) in [4.78, 5) is 23.3. The number of hydrogen-bond acceptors (Lipinski definition) is 5. The Morgan fingerprint density at radius 2 is 2.00 bits per heavy atom. The maximum Gasteiger partial charge on any atom is 0.224 e. The molecule has 3 rings (SSSR count). The Bertz CT molecular complexity index is 799. The predicted molar refractivity (Wildman–Crippen MR) is 115 cm³/mol. The highest BCUT2D eigenvalue weighted by Gasteiger charge is 2.21. The number of nitrogens with one attached hydrogen (secondary N) is 2. The van der Waals surface area contributed by atoms with Gasteiger partial charge in [-0.05, 0) is 63.1 Å². The SMILES string of the molecule is CCNc1cc(N2CCC(CCC(=O)Nc3cccc(C)c3C)CC2)ncn1. The molecule has 0 unspecified atom stereocenters. The topological polar surface area (TPSA) is 70.2 Å². The predicted octanol–water partition coefficient (Wildman–Crippen LogP) is 4.16. The van der Waals surface area contributed by atoms with Crippen LogP contribution in [0.5, 0.6) is 0 Å². The number of aryl methyl sites for hydroxylation is 1. The number of anilines is 3. The lowest BCUT2D eigenvalue weighted by Crippen LogP contribution is -2.34. The molecule has 28 heavy (non-hydrogen) atoms. The number of carbonyl (C=O) groups excluding carboxylic acids is 1. The summed E-state index contributed by atoms with van der Waals surface area (Å²) in [6.45, 7) is 8.98. The van der Waals surface area contributed by atoms with Gasteiger partial charge in [-0.15, -0.1) is 0 Å². The minimum Gasteiger partial charge on any atom is -0.370 e. The van der Waals surface area contributed by atoms with E-state index in [1.807, 2.05) is 18.2 Å². The second kappa shape index (κ2) is 9.53. The second-order valence-corrected chi connectivity index (χ2v) is 7.56. The molecule has 1 amide bonds. The molecule has 6 nitrogen and oxygen atoms in total. The molecule has 1 aromatic heterocycles. The van der Waals surface area contributed by atoms with Crippen LogP contribution in [0.1, 0.15) is 43.7 Å². The van der Waals surface area contributed by atoms with Gasteiger partial charge in [-0.3, -0.25) is 4.79 Å². The number of aromatic nitrogens is 2. The monoisotopic (exact) mass is 381 g/mol. The van der Waals surface area contributed by atoms with Gasteiger partial charge in [0, 0.05) is 37.8 Å². The number of piperidine rings is 1. The number of benzene rings is 1. The van der Waals surface area contributed by atoms with Crippen LogP contribution in [-0.4, -0.2) is 35.5 Å². The molecule has 1 saturated heterocycles. The minimum absolute atomic E-state index is 0.113. The summed E-state index contributed by atoms with van der Waals surface area (Å²) in [5.41, 5.74) is 3.28. The summed E-state index contributed by atoms with van der Waals surface area (Å²) < 4.78 is 0. The molecule has 1 aromatic carbocycles. The van der Waals surface area contributed by atoms with E-state index in [1.54, 1.807) is 6.33 Å². The maximum atomic E-state index is 12.4. The van der Waals surface area contributed by atoms with E-state index in [4.69, 9.17) is 0 Å². The first kappa shape index (κ1) is 20.1. The van der Waals surface area contributed by atoms with Crippen molar-refractivity contribution >= 4 is 23.2 Å². The first-order valence-corrected chi connectivity index (χ1v) is 10.2. The van der Waals surface area contributed by atoms with Crippen molar-refractivity contribution in [2.45, 2.75) is 46.5 Å². The molecule has 1 aliphatic heterocycles. The Kier molecular flexibility index (Phi) is 6.85. The lowest BCUT2D eigenvalue weighted by molar-refractivity contribution is -0.116. The fourth-order valence-corrected chi connectivity index (χ4v) is 3.68. The van der Waals surface area contributed by atoms with Crippen LogP contribution in [-0.2, 0) is 4.79 Å². The zero-order valence-electron chi connectivity index (χ0n) is 17.2. The highest BCUT2D eigenvalue weighted by Crippen LogP contribution is 2.26. The maximum absolute atomic E-state index is 12.4. The summed E-state index contributed by atoms with van der Waals surface area (Å²) in [6, 6.07) is 8.05. The largest absolute Gasteiger partial charge is 0.370 e. The van der Waals surface area contributed by atoms with Gasteiger partial charge in [-0.1, -0.05) is 12.1 Å². The van der Waals surface area contributed by atoms with Crippen molar-refractivity contribution in [2.24, 2.45) is 5.92 Å². The molecule has 0 aliphatic carbocycles. The summed E-state index contributed by atoms with van der Waals surface area (Å²) in [5.74, 6) is 2.56. The molecular formula is C22H31N5O. The van der Waals surface area contributed by atoms with Gasteiger partial charge >= 0.3 is 0 Å². The van der Waals surface area contributed by atoms with Gasteiger partial charge in [-0.2, -0.15) is 0 Å². The van der Waals surface area contributed by atoms with E-state index in [2.05, 4.69) is 52.3 Å². The first-order chi connectivity index (χ1) is 13.6. The Morgan fingerprint density at radius 1 is 1.21 bits per heavy atom. The van der Waals surface area contributed by atoms with E-state index in [9.17, 15) is 4.79 Å². The summed E-state index contributed by atoms with van der Waals surface area (Å²) in [7, 11) is 0. The number of carbonyl (C=O) groups is 1. The molecule has 0 saturated carbocycles. The molecule has 0 spiro atoms. The van der Waals surface area contributed by atoms with E-state index >= 15 is 0 Å². The van der Waals surface area contributed by atoms with E-state index in [-0.39, 0.29) is 5.91 Å². The zero-order valence-corrected chi connectivity index (χ0v) is 17.2. The third-order valence-corrected chi connectivity index (χ3v) is 5.61. The molecule has 2 heterocycles. The first-order valence-electron chi connectivity index (χ1n) is 10.2. The van der Waals surface area contributed by atoms with Gasteiger partial charge in [0.15, 0.2) is 0 Å². The van der Waals surface area contributed by atoms with Crippen LogP contribution >= 0.6 is 0 Å². The highest BCUT2D eigenvalue weighted by atomic mass is 16.1. The molecule has 2 aromatic rings. The smallest absolute Gasteiger partial charge is 0.224 e.